The lowest BCUT2D eigenvalue weighted by molar-refractivity contribution is -0.113. The van der Waals surface area contributed by atoms with Crippen molar-refractivity contribution in [1.82, 2.24) is 14.8 Å². The second-order valence-corrected chi connectivity index (χ2v) is 10.5. The lowest BCUT2D eigenvalue weighted by Gasteiger charge is -2.14. The molecule has 174 valence electrons. The SMILES string of the molecule is Cc1ccc(-n2c(C)nnc2SCC(=O)Nc2sc3c(c2C(=O)OC(C)C)CCCC3)cc1. The van der Waals surface area contributed by atoms with E-state index in [0.717, 1.165) is 42.8 Å². The Hall–Kier alpha value is -2.65. The first-order chi connectivity index (χ1) is 15.8. The smallest absolute Gasteiger partial charge is 0.341 e. The molecule has 33 heavy (non-hydrogen) atoms. The van der Waals surface area contributed by atoms with Gasteiger partial charge in [0.15, 0.2) is 5.16 Å². The van der Waals surface area contributed by atoms with Crippen LogP contribution in [0, 0.1) is 13.8 Å². The van der Waals surface area contributed by atoms with E-state index in [9.17, 15) is 9.59 Å². The van der Waals surface area contributed by atoms with Crippen LogP contribution in [-0.4, -0.2) is 38.5 Å². The molecule has 0 atom stereocenters. The van der Waals surface area contributed by atoms with Gasteiger partial charge in [0, 0.05) is 10.6 Å². The van der Waals surface area contributed by atoms with E-state index in [1.54, 1.807) is 0 Å². The topological polar surface area (TPSA) is 86.1 Å². The Morgan fingerprint density at radius 1 is 1.15 bits per heavy atom. The molecule has 2 heterocycles. The first-order valence-corrected chi connectivity index (χ1v) is 12.9. The summed E-state index contributed by atoms with van der Waals surface area (Å²) in [5.74, 6) is 0.368. The molecule has 7 nitrogen and oxygen atoms in total. The standard InChI is InChI=1S/C24H28N4O3S2/c1-14(2)31-23(30)21-18-7-5-6-8-19(18)33-22(21)25-20(29)13-32-24-27-26-16(4)28(24)17-11-9-15(3)10-12-17/h9-12,14H,5-8,13H2,1-4H3,(H,25,29). The Balaban J connectivity index is 1.50. The molecule has 0 unspecified atom stereocenters. The Labute approximate surface area is 201 Å². The van der Waals surface area contributed by atoms with Crippen LogP contribution >= 0.6 is 23.1 Å². The van der Waals surface area contributed by atoms with Gasteiger partial charge in [-0.2, -0.15) is 0 Å². The van der Waals surface area contributed by atoms with Gasteiger partial charge in [0.1, 0.15) is 10.8 Å². The number of aromatic nitrogens is 3. The lowest BCUT2D eigenvalue weighted by Crippen LogP contribution is -2.19. The van der Waals surface area contributed by atoms with Crippen LogP contribution in [0.2, 0.25) is 0 Å². The Morgan fingerprint density at radius 3 is 2.61 bits per heavy atom. The van der Waals surface area contributed by atoms with Gasteiger partial charge in [-0.25, -0.2) is 4.79 Å². The van der Waals surface area contributed by atoms with E-state index in [-0.39, 0.29) is 23.7 Å². The highest BCUT2D eigenvalue weighted by atomic mass is 32.2. The number of aryl methyl sites for hydroxylation is 3. The summed E-state index contributed by atoms with van der Waals surface area (Å²) in [5, 5.41) is 12.6. The Morgan fingerprint density at radius 2 is 1.88 bits per heavy atom. The molecule has 0 radical (unpaired) electrons. The highest BCUT2D eigenvalue weighted by Crippen LogP contribution is 2.39. The van der Waals surface area contributed by atoms with Gasteiger partial charge >= 0.3 is 5.97 Å². The van der Waals surface area contributed by atoms with E-state index in [1.165, 1.54) is 33.5 Å². The highest BCUT2D eigenvalue weighted by Gasteiger charge is 2.28. The zero-order valence-corrected chi connectivity index (χ0v) is 20.9. The third kappa shape index (κ3) is 5.30. The zero-order valence-electron chi connectivity index (χ0n) is 19.3. The molecule has 1 aliphatic rings. The molecule has 1 N–H and O–H groups in total. The van der Waals surface area contributed by atoms with Crippen molar-refractivity contribution in [3.8, 4) is 5.69 Å². The Kier molecular flexibility index (Phi) is 7.19. The van der Waals surface area contributed by atoms with Crippen LogP contribution in [0.1, 0.15) is 58.9 Å². The summed E-state index contributed by atoms with van der Waals surface area (Å²) in [4.78, 5) is 26.8. The van der Waals surface area contributed by atoms with Crippen molar-refractivity contribution >= 4 is 40.0 Å². The zero-order chi connectivity index (χ0) is 23.5. The molecule has 0 fully saturated rings. The highest BCUT2D eigenvalue weighted by molar-refractivity contribution is 7.99. The molecular weight excluding hydrogens is 456 g/mol. The number of hydrogen-bond donors (Lipinski definition) is 1. The normalized spacial score (nSPS) is 13.1. The number of ether oxygens (including phenoxy) is 1. The van der Waals surface area contributed by atoms with Gasteiger partial charge in [0.05, 0.1) is 17.4 Å². The summed E-state index contributed by atoms with van der Waals surface area (Å²) in [6.45, 7) is 7.59. The van der Waals surface area contributed by atoms with Gasteiger partial charge in [0.25, 0.3) is 0 Å². The van der Waals surface area contributed by atoms with Crippen molar-refractivity contribution in [1.29, 1.82) is 0 Å². The van der Waals surface area contributed by atoms with Gasteiger partial charge in [-0.1, -0.05) is 29.5 Å². The molecular formula is C24H28N4O3S2. The number of fused-ring (bicyclic) bond motifs is 1. The molecule has 9 heteroatoms. The summed E-state index contributed by atoms with van der Waals surface area (Å²) in [5.41, 5.74) is 3.69. The molecule has 1 aromatic carbocycles. The van der Waals surface area contributed by atoms with Gasteiger partial charge in [-0.15, -0.1) is 21.5 Å². The molecule has 3 aromatic rings. The van der Waals surface area contributed by atoms with E-state index in [0.29, 0.717) is 15.7 Å². The number of carbonyl (C=O) groups is 2. The molecule has 0 aliphatic heterocycles. The number of carbonyl (C=O) groups excluding carboxylic acids is 2. The number of amides is 1. The van der Waals surface area contributed by atoms with E-state index in [1.807, 2.05) is 56.5 Å². The number of thiophene rings is 1. The first-order valence-electron chi connectivity index (χ1n) is 11.1. The summed E-state index contributed by atoms with van der Waals surface area (Å²) in [7, 11) is 0. The third-order valence-electron chi connectivity index (χ3n) is 5.39. The number of hydrogen-bond acceptors (Lipinski definition) is 7. The van der Waals surface area contributed by atoms with E-state index < -0.39 is 0 Å². The molecule has 0 saturated heterocycles. The van der Waals surface area contributed by atoms with Crippen LogP contribution in [0.4, 0.5) is 5.00 Å². The molecule has 1 aliphatic carbocycles. The summed E-state index contributed by atoms with van der Waals surface area (Å²) < 4.78 is 7.41. The van der Waals surface area contributed by atoms with E-state index >= 15 is 0 Å². The average Bonchev–Trinajstić information content (AvgIpc) is 3.32. The summed E-state index contributed by atoms with van der Waals surface area (Å²) in [6.07, 6.45) is 3.71. The van der Waals surface area contributed by atoms with Crippen LogP contribution in [0.15, 0.2) is 29.4 Å². The minimum Gasteiger partial charge on any atom is -0.459 e. The van der Waals surface area contributed by atoms with Crippen LogP contribution in [-0.2, 0) is 22.4 Å². The van der Waals surface area contributed by atoms with Gasteiger partial charge in [0.2, 0.25) is 5.91 Å². The summed E-state index contributed by atoms with van der Waals surface area (Å²) in [6, 6.07) is 8.09. The maximum absolute atomic E-state index is 12.9. The molecule has 0 saturated carbocycles. The Bertz CT molecular complexity index is 1170. The second-order valence-electron chi connectivity index (χ2n) is 8.41. The molecule has 0 spiro atoms. The fourth-order valence-corrected chi connectivity index (χ4v) is 5.95. The minimum atomic E-state index is -0.359. The third-order valence-corrected chi connectivity index (χ3v) is 7.53. The van der Waals surface area contributed by atoms with Crippen molar-refractivity contribution in [3.05, 3.63) is 51.7 Å². The first kappa shape index (κ1) is 23.5. The molecule has 4 rings (SSSR count). The largest absolute Gasteiger partial charge is 0.459 e. The predicted molar refractivity (Wildman–Crippen MR) is 132 cm³/mol. The van der Waals surface area contributed by atoms with E-state index in [4.69, 9.17) is 4.74 Å². The van der Waals surface area contributed by atoms with Crippen LogP contribution in [0.5, 0.6) is 0 Å². The number of nitrogens with one attached hydrogen (secondary N) is 1. The average molecular weight is 485 g/mol. The van der Waals surface area contributed by atoms with Gasteiger partial charge < -0.3 is 10.1 Å². The van der Waals surface area contributed by atoms with Crippen molar-refractivity contribution in [2.75, 3.05) is 11.1 Å². The van der Waals surface area contributed by atoms with Crippen LogP contribution in [0.3, 0.4) is 0 Å². The van der Waals surface area contributed by atoms with Gasteiger partial charge in [-0.3, -0.25) is 9.36 Å². The van der Waals surface area contributed by atoms with E-state index in [2.05, 4.69) is 15.5 Å². The lowest BCUT2D eigenvalue weighted by atomic mass is 9.95. The summed E-state index contributed by atoms with van der Waals surface area (Å²) >= 11 is 2.82. The fourth-order valence-electron chi connectivity index (χ4n) is 3.86. The quantitative estimate of drug-likeness (QED) is 0.370. The maximum atomic E-state index is 12.9. The number of esters is 1. The molecule has 0 bridgehead atoms. The maximum Gasteiger partial charge on any atom is 0.341 e. The van der Waals surface area contributed by atoms with Crippen LogP contribution in [0.25, 0.3) is 5.69 Å². The second kappa shape index (κ2) is 10.1. The van der Waals surface area contributed by atoms with Crippen molar-refractivity contribution in [3.63, 3.8) is 0 Å². The number of benzene rings is 1. The molecule has 2 aromatic heterocycles. The number of thioether (sulfide) groups is 1. The number of nitrogens with zero attached hydrogens (tertiary/aromatic N) is 3. The van der Waals surface area contributed by atoms with Crippen molar-refractivity contribution in [2.45, 2.75) is 64.6 Å². The minimum absolute atomic E-state index is 0.158. The van der Waals surface area contributed by atoms with Crippen LogP contribution < -0.4 is 5.32 Å². The fraction of sp³-hybridized carbons (Fsp3) is 0.417. The van der Waals surface area contributed by atoms with Crippen molar-refractivity contribution in [2.24, 2.45) is 0 Å². The van der Waals surface area contributed by atoms with Gasteiger partial charge in [-0.05, 0) is 71.1 Å². The number of anilines is 1. The number of rotatable bonds is 7. The van der Waals surface area contributed by atoms with Crippen molar-refractivity contribution < 1.29 is 14.3 Å². The molecule has 1 amide bonds. The monoisotopic (exact) mass is 484 g/mol. The predicted octanol–water partition coefficient (Wildman–Crippen LogP) is 5.12.